The van der Waals surface area contributed by atoms with Crippen molar-refractivity contribution in [3.8, 4) is 0 Å². The van der Waals surface area contributed by atoms with E-state index in [-0.39, 0.29) is 55.9 Å². The van der Waals surface area contributed by atoms with E-state index >= 15 is 0 Å². The molecule has 0 radical (unpaired) electrons. The second-order valence-corrected chi connectivity index (χ2v) is 16.1. The van der Waals surface area contributed by atoms with Gasteiger partial charge in [-0.05, 0) is 38.5 Å². The van der Waals surface area contributed by atoms with Crippen molar-refractivity contribution in [3.63, 3.8) is 0 Å². The van der Waals surface area contributed by atoms with Crippen LogP contribution in [0.2, 0.25) is 0 Å². The molecule has 0 aromatic carbocycles. The average Bonchev–Trinajstić information content (AvgIpc) is 3.20. The number of carbonyl (C=O) groups excluding carboxylic acids is 5. The van der Waals surface area contributed by atoms with E-state index in [9.17, 15) is 24.0 Å². The number of hydrogen-bond acceptors (Lipinski definition) is 9. The normalized spacial score (nSPS) is 11.7. The van der Waals surface area contributed by atoms with Gasteiger partial charge in [-0.3, -0.25) is 24.0 Å². The minimum Gasteiger partial charge on any atom is -0.377 e. The van der Waals surface area contributed by atoms with Crippen LogP contribution in [0.25, 0.3) is 0 Å². The average molecular weight is 839 g/mol. The van der Waals surface area contributed by atoms with Crippen molar-refractivity contribution in [2.75, 3.05) is 72.5 Å². The van der Waals surface area contributed by atoms with E-state index in [1.54, 1.807) is 6.92 Å². The van der Waals surface area contributed by atoms with Gasteiger partial charge in [-0.2, -0.15) is 0 Å². The van der Waals surface area contributed by atoms with Crippen molar-refractivity contribution in [2.45, 2.75) is 175 Å². The third-order valence-electron chi connectivity index (χ3n) is 9.97. The van der Waals surface area contributed by atoms with Gasteiger partial charge in [0.15, 0.2) is 0 Å². The Morgan fingerprint density at radius 3 is 1.41 bits per heavy atom. The van der Waals surface area contributed by atoms with Crippen LogP contribution in [0.15, 0.2) is 12.2 Å². The Labute approximate surface area is 358 Å². The smallest absolute Gasteiger partial charge is 0.246 e. The molecular weight excluding hydrogens is 753 g/mol. The number of rotatable bonds is 44. The predicted molar refractivity (Wildman–Crippen MR) is 236 cm³/mol. The SMILES string of the molecule is C=C(C)C(CCC(=O)NCCOCCOCC(=O)NCCCCC(C)C)NC(=O)COCCOCCNC(=O)CCCCCCCCCCCCCCCCC(=O)CC. The minimum absolute atomic E-state index is 0.00350. The van der Waals surface area contributed by atoms with Gasteiger partial charge in [0.05, 0.1) is 45.7 Å². The van der Waals surface area contributed by atoms with Crippen LogP contribution >= 0.6 is 0 Å². The third kappa shape index (κ3) is 41.6. The summed E-state index contributed by atoms with van der Waals surface area (Å²) in [5.41, 5.74) is 0.744. The Kier molecular flexibility index (Phi) is 39.8. The second-order valence-electron chi connectivity index (χ2n) is 16.1. The van der Waals surface area contributed by atoms with Gasteiger partial charge in [0.2, 0.25) is 23.6 Å². The standard InChI is InChI=1S/C46H86N4O9/c1-6-41(51)24-19-17-15-13-11-9-7-8-10-12-14-16-18-20-25-43(52)48-29-31-56-34-36-59-38-46(55)50-42(40(4)5)26-27-44(53)49-30-32-57-33-35-58-37-45(54)47-28-22-21-23-39(2)3/h39,42H,4,6-38H2,1-3,5H3,(H,47,54)(H,48,52)(H,49,53)(H,50,55). The van der Waals surface area contributed by atoms with E-state index in [1.807, 2.05) is 6.92 Å². The van der Waals surface area contributed by atoms with E-state index in [1.165, 1.54) is 70.6 Å². The van der Waals surface area contributed by atoms with Crippen LogP contribution in [0, 0.1) is 5.92 Å². The van der Waals surface area contributed by atoms with Gasteiger partial charge < -0.3 is 40.2 Å². The van der Waals surface area contributed by atoms with Crippen molar-refractivity contribution in [2.24, 2.45) is 5.92 Å². The lowest BCUT2D eigenvalue weighted by molar-refractivity contribution is -0.127. The summed E-state index contributed by atoms with van der Waals surface area (Å²) in [4.78, 5) is 59.9. The zero-order valence-electron chi connectivity index (χ0n) is 37.9. The first-order valence-electron chi connectivity index (χ1n) is 23.1. The molecule has 13 heteroatoms. The summed E-state index contributed by atoms with van der Waals surface area (Å²) in [7, 11) is 0. The second kappa shape index (κ2) is 41.8. The van der Waals surface area contributed by atoms with Crippen LogP contribution in [0.1, 0.15) is 169 Å². The fraction of sp³-hybridized carbons (Fsp3) is 0.848. The highest BCUT2D eigenvalue weighted by Gasteiger charge is 2.15. The molecule has 59 heavy (non-hydrogen) atoms. The molecule has 1 unspecified atom stereocenters. The van der Waals surface area contributed by atoms with Gasteiger partial charge in [0.1, 0.15) is 19.0 Å². The van der Waals surface area contributed by atoms with E-state index < -0.39 is 0 Å². The van der Waals surface area contributed by atoms with Crippen molar-refractivity contribution in [1.29, 1.82) is 0 Å². The number of hydrogen-bond donors (Lipinski definition) is 4. The molecule has 0 bridgehead atoms. The van der Waals surface area contributed by atoms with E-state index in [0.717, 1.165) is 50.5 Å². The quantitative estimate of drug-likeness (QED) is 0.0364. The number of Topliss-reactive ketones (excluding diaryl/α,β-unsaturated/α-hetero) is 1. The maximum atomic E-state index is 12.4. The molecule has 13 nitrogen and oxygen atoms in total. The van der Waals surface area contributed by atoms with Crippen molar-refractivity contribution in [1.82, 2.24) is 21.3 Å². The summed E-state index contributed by atoms with van der Waals surface area (Å²) in [6.07, 6.45) is 22.9. The molecule has 0 fully saturated rings. The highest BCUT2D eigenvalue weighted by Crippen LogP contribution is 2.14. The molecule has 4 amide bonds. The van der Waals surface area contributed by atoms with Crippen molar-refractivity contribution in [3.05, 3.63) is 12.2 Å². The van der Waals surface area contributed by atoms with Crippen LogP contribution in [0.3, 0.4) is 0 Å². The number of unbranched alkanes of at least 4 members (excludes halogenated alkanes) is 14. The molecule has 0 aromatic rings. The summed E-state index contributed by atoms with van der Waals surface area (Å²) in [5, 5.41) is 11.4. The summed E-state index contributed by atoms with van der Waals surface area (Å²) in [6, 6.07) is -0.357. The Hall–Kier alpha value is -2.87. The zero-order valence-corrected chi connectivity index (χ0v) is 37.9. The molecule has 344 valence electrons. The van der Waals surface area contributed by atoms with Gasteiger partial charge in [0.25, 0.3) is 0 Å². The molecule has 0 spiro atoms. The Bertz CT molecular complexity index is 1090. The molecule has 0 aliphatic heterocycles. The molecular formula is C46H86N4O9. The maximum Gasteiger partial charge on any atom is 0.246 e. The van der Waals surface area contributed by atoms with Gasteiger partial charge in [0, 0.05) is 45.3 Å². The number of ketones is 1. The molecule has 0 rings (SSSR count). The molecule has 4 N–H and O–H groups in total. The van der Waals surface area contributed by atoms with E-state index in [2.05, 4.69) is 41.7 Å². The molecule has 0 saturated carbocycles. The highest BCUT2D eigenvalue weighted by molar-refractivity contribution is 5.79. The summed E-state index contributed by atoms with van der Waals surface area (Å²) in [6.45, 7) is 15.3. The van der Waals surface area contributed by atoms with E-state index in [0.29, 0.717) is 83.6 Å². The Balaban J connectivity index is 3.63. The topological polar surface area (TPSA) is 170 Å². The first kappa shape index (κ1) is 56.1. The number of ether oxygens (including phenoxy) is 4. The summed E-state index contributed by atoms with van der Waals surface area (Å²) >= 11 is 0. The number of amides is 4. The fourth-order valence-corrected chi connectivity index (χ4v) is 6.29. The van der Waals surface area contributed by atoms with E-state index in [4.69, 9.17) is 18.9 Å². The third-order valence-corrected chi connectivity index (χ3v) is 9.97. The van der Waals surface area contributed by atoms with Crippen LogP contribution in [-0.4, -0.2) is 108 Å². The lowest BCUT2D eigenvalue weighted by Crippen LogP contribution is -2.39. The highest BCUT2D eigenvalue weighted by atomic mass is 16.5. The van der Waals surface area contributed by atoms with Gasteiger partial charge in [-0.1, -0.05) is 123 Å². The molecule has 0 saturated heterocycles. The largest absolute Gasteiger partial charge is 0.377 e. The molecule has 0 aliphatic carbocycles. The first-order chi connectivity index (χ1) is 28.5. The van der Waals surface area contributed by atoms with Crippen LogP contribution in [0.4, 0.5) is 0 Å². The van der Waals surface area contributed by atoms with Crippen LogP contribution in [-0.2, 0) is 42.9 Å². The lowest BCUT2D eigenvalue weighted by Gasteiger charge is -2.19. The number of carbonyl (C=O) groups is 5. The minimum atomic E-state index is -0.357. The molecule has 0 aromatic heterocycles. The van der Waals surface area contributed by atoms with Gasteiger partial charge in [-0.15, -0.1) is 0 Å². The van der Waals surface area contributed by atoms with Crippen LogP contribution < -0.4 is 21.3 Å². The first-order valence-corrected chi connectivity index (χ1v) is 23.1. The number of nitrogens with one attached hydrogen (secondary N) is 4. The molecule has 1 atom stereocenters. The maximum absolute atomic E-state index is 12.4. The summed E-state index contributed by atoms with van der Waals surface area (Å²) in [5.74, 6) is 0.538. The van der Waals surface area contributed by atoms with Gasteiger partial charge in [-0.25, -0.2) is 0 Å². The van der Waals surface area contributed by atoms with Crippen molar-refractivity contribution >= 4 is 29.4 Å². The fourth-order valence-electron chi connectivity index (χ4n) is 6.29. The molecule has 0 aliphatic rings. The van der Waals surface area contributed by atoms with Gasteiger partial charge >= 0.3 is 0 Å². The van der Waals surface area contributed by atoms with Crippen LogP contribution in [0.5, 0.6) is 0 Å². The lowest BCUT2D eigenvalue weighted by atomic mass is 10.0. The van der Waals surface area contributed by atoms with Crippen molar-refractivity contribution < 1.29 is 42.9 Å². The molecule has 0 heterocycles. The zero-order chi connectivity index (χ0) is 43.6. The monoisotopic (exact) mass is 839 g/mol. The predicted octanol–water partition coefficient (Wildman–Crippen LogP) is 7.29. The Morgan fingerprint density at radius 1 is 0.475 bits per heavy atom. The summed E-state index contributed by atoms with van der Waals surface area (Å²) < 4.78 is 21.8. The Morgan fingerprint density at radius 2 is 0.915 bits per heavy atom.